The van der Waals surface area contributed by atoms with Crippen LogP contribution in [-0.2, 0) is 7.05 Å². The van der Waals surface area contributed by atoms with Crippen LogP contribution in [0.25, 0.3) is 10.8 Å². The number of pyridine rings is 1. The number of aromatic nitrogens is 3. The molecule has 0 unspecified atom stereocenters. The maximum absolute atomic E-state index is 13.5. The van der Waals surface area contributed by atoms with Crippen LogP contribution in [0, 0.1) is 5.82 Å². The van der Waals surface area contributed by atoms with Crippen molar-refractivity contribution in [3.8, 4) is 5.75 Å². The highest BCUT2D eigenvalue weighted by Crippen LogP contribution is 2.30. The summed E-state index contributed by atoms with van der Waals surface area (Å²) >= 11 is 0. The highest BCUT2D eigenvalue weighted by molar-refractivity contribution is 6.04. The highest BCUT2D eigenvalue weighted by atomic mass is 19.1. The van der Waals surface area contributed by atoms with E-state index in [-0.39, 0.29) is 23.0 Å². The molecule has 0 atom stereocenters. The number of ether oxygens (including phenoxy) is 1. The fourth-order valence-electron chi connectivity index (χ4n) is 3.57. The number of nitrogens with zero attached hydrogens (tertiary/aromatic N) is 5. The molecule has 1 aliphatic heterocycles. The number of fused-ring (bicyclic) bond motifs is 1. The SMILES string of the molecule is CC.COc1cc(F)ccc1N1CCN(C(=O)c2nn(C)c(=O)c3cnccc23)CC1. The normalized spacial score (nSPS) is 13.6. The van der Waals surface area contributed by atoms with E-state index in [1.54, 1.807) is 23.2 Å². The fourth-order valence-corrected chi connectivity index (χ4v) is 3.57. The minimum absolute atomic E-state index is 0.234. The molecule has 4 rings (SSSR count). The lowest BCUT2D eigenvalue weighted by Crippen LogP contribution is -2.49. The summed E-state index contributed by atoms with van der Waals surface area (Å²) in [5, 5.41) is 5.06. The molecule has 8 nitrogen and oxygen atoms in total. The third-order valence-electron chi connectivity index (χ3n) is 5.10. The molecule has 3 heterocycles. The third-order valence-corrected chi connectivity index (χ3v) is 5.10. The van der Waals surface area contributed by atoms with Gasteiger partial charge in [-0.25, -0.2) is 9.07 Å². The Labute approximate surface area is 179 Å². The summed E-state index contributed by atoms with van der Waals surface area (Å²) in [5.74, 6) is -0.132. The van der Waals surface area contributed by atoms with Gasteiger partial charge in [-0.3, -0.25) is 14.6 Å². The summed E-state index contributed by atoms with van der Waals surface area (Å²) in [5.41, 5.74) is 0.730. The lowest BCUT2D eigenvalue weighted by molar-refractivity contribution is 0.0740. The van der Waals surface area contributed by atoms with Crippen LogP contribution < -0.4 is 15.2 Å². The topological polar surface area (TPSA) is 80.6 Å². The van der Waals surface area contributed by atoms with Crippen molar-refractivity contribution in [3.05, 3.63) is 58.5 Å². The van der Waals surface area contributed by atoms with Crippen LogP contribution in [-0.4, -0.2) is 58.9 Å². The molecule has 0 bridgehead atoms. The van der Waals surface area contributed by atoms with Gasteiger partial charge in [0.15, 0.2) is 5.69 Å². The number of amides is 1. The number of hydrogen-bond donors (Lipinski definition) is 0. The second kappa shape index (κ2) is 9.55. The van der Waals surface area contributed by atoms with E-state index in [4.69, 9.17) is 4.74 Å². The Bertz CT molecular complexity index is 1140. The Morgan fingerprint density at radius 1 is 1.10 bits per heavy atom. The predicted molar refractivity (Wildman–Crippen MR) is 117 cm³/mol. The van der Waals surface area contributed by atoms with Crippen LogP contribution in [0.5, 0.6) is 5.75 Å². The molecule has 1 amide bonds. The number of hydrogen-bond acceptors (Lipinski definition) is 6. The zero-order valence-corrected chi connectivity index (χ0v) is 18.1. The zero-order valence-electron chi connectivity index (χ0n) is 18.1. The Morgan fingerprint density at radius 3 is 2.48 bits per heavy atom. The van der Waals surface area contributed by atoms with Crippen LogP contribution in [0.1, 0.15) is 24.3 Å². The molecular weight excluding hydrogens is 401 g/mol. The van der Waals surface area contributed by atoms with Gasteiger partial charge in [-0.05, 0) is 18.2 Å². The number of piperazine rings is 1. The highest BCUT2D eigenvalue weighted by Gasteiger charge is 2.26. The Kier molecular flexibility index (Phi) is 6.84. The number of carbonyl (C=O) groups is 1. The standard InChI is InChI=1S/C20H20FN5O3.C2H6/c1-24-19(27)15-12-22-6-5-14(15)18(23-24)20(28)26-9-7-25(8-10-26)16-4-3-13(21)11-17(16)29-2;1-2/h3-6,11-12H,7-10H2,1-2H3;1-2H3. The molecule has 164 valence electrons. The van der Waals surface area contributed by atoms with Crippen molar-refractivity contribution in [1.29, 1.82) is 0 Å². The van der Waals surface area contributed by atoms with Gasteiger partial charge in [0, 0.05) is 57.1 Å². The molecule has 3 aromatic rings. The predicted octanol–water partition coefficient (Wildman–Crippen LogP) is 2.46. The first-order valence-corrected chi connectivity index (χ1v) is 10.2. The molecule has 0 radical (unpaired) electrons. The van der Waals surface area contributed by atoms with E-state index in [1.807, 2.05) is 13.8 Å². The summed E-state index contributed by atoms with van der Waals surface area (Å²) in [6.07, 6.45) is 2.99. The van der Waals surface area contributed by atoms with Gasteiger partial charge in [0.25, 0.3) is 11.5 Å². The molecule has 31 heavy (non-hydrogen) atoms. The molecule has 1 saturated heterocycles. The van der Waals surface area contributed by atoms with E-state index in [0.717, 1.165) is 10.4 Å². The molecule has 0 saturated carbocycles. The van der Waals surface area contributed by atoms with E-state index in [1.165, 1.54) is 32.5 Å². The second-order valence-corrected chi connectivity index (χ2v) is 6.79. The number of rotatable bonds is 3. The second-order valence-electron chi connectivity index (χ2n) is 6.79. The summed E-state index contributed by atoms with van der Waals surface area (Å²) in [6, 6.07) is 6.06. The van der Waals surface area contributed by atoms with E-state index in [2.05, 4.69) is 15.0 Å². The molecule has 1 aromatic carbocycles. The summed E-state index contributed by atoms with van der Waals surface area (Å²) in [7, 11) is 3.02. The van der Waals surface area contributed by atoms with Crippen LogP contribution in [0.4, 0.5) is 10.1 Å². The quantitative estimate of drug-likeness (QED) is 0.639. The van der Waals surface area contributed by atoms with Gasteiger partial charge in [-0.15, -0.1) is 0 Å². The summed E-state index contributed by atoms with van der Waals surface area (Å²) < 4.78 is 19.9. The number of methoxy groups -OCH3 is 1. The first-order chi connectivity index (χ1) is 15.0. The molecule has 0 aliphatic carbocycles. The van der Waals surface area contributed by atoms with E-state index < -0.39 is 0 Å². The van der Waals surface area contributed by atoms with Crippen molar-refractivity contribution in [1.82, 2.24) is 19.7 Å². The largest absolute Gasteiger partial charge is 0.494 e. The minimum Gasteiger partial charge on any atom is -0.494 e. The lowest BCUT2D eigenvalue weighted by Gasteiger charge is -2.36. The van der Waals surface area contributed by atoms with Gasteiger partial charge in [0.1, 0.15) is 11.6 Å². The molecule has 0 spiro atoms. The summed E-state index contributed by atoms with van der Waals surface area (Å²) in [4.78, 5) is 33.1. The molecule has 2 aromatic heterocycles. The van der Waals surface area contributed by atoms with Crippen molar-refractivity contribution >= 4 is 22.4 Å². The maximum Gasteiger partial charge on any atom is 0.275 e. The third kappa shape index (κ3) is 4.35. The van der Waals surface area contributed by atoms with Gasteiger partial charge in [-0.2, -0.15) is 5.10 Å². The average molecular weight is 427 g/mol. The van der Waals surface area contributed by atoms with Crippen LogP contribution in [0.2, 0.25) is 0 Å². The van der Waals surface area contributed by atoms with E-state index in [9.17, 15) is 14.0 Å². The zero-order chi connectivity index (χ0) is 22.5. The average Bonchev–Trinajstić information content (AvgIpc) is 2.82. The van der Waals surface area contributed by atoms with Crippen molar-refractivity contribution in [2.24, 2.45) is 7.05 Å². The van der Waals surface area contributed by atoms with Crippen LogP contribution >= 0.6 is 0 Å². The number of carbonyl (C=O) groups excluding carboxylic acids is 1. The van der Waals surface area contributed by atoms with Gasteiger partial charge in [0.2, 0.25) is 0 Å². The van der Waals surface area contributed by atoms with Gasteiger partial charge >= 0.3 is 0 Å². The Morgan fingerprint density at radius 2 is 1.81 bits per heavy atom. The molecule has 1 fully saturated rings. The van der Waals surface area contributed by atoms with Crippen molar-refractivity contribution in [3.63, 3.8) is 0 Å². The molecular formula is C22H26FN5O3. The number of aryl methyl sites for hydroxylation is 1. The monoisotopic (exact) mass is 427 g/mol. The minimum atomic E-state index is -0.360. The first kappa shape index (κ1) is 22.2. The number of benzene rings is 1. The van der Waals surface area contributed by atoms with Crippen molar-refractivity contribution in [2.75, 3.05) is 38.2 Å². The van der Waals surface area contributed by atoms with Gasteiger partial charge in [-0.1, -0.05) is 13.8 Å². The smallest absolute Gasteiger partial charge is 0.275 e. The van der Waals surface area contributed by atoms with E-state index >= 15 is 0 Å². The summed E-state index contributed by atoms with van der Waals surface area (Å²) in [6.45, 7) is 6.07. The Hall–Kier alpha value is -3.49. The van der Waals surface area contributed by atoms with Gasteiger partial charge in [0.05, 0.1) is 18.2 Å². The lowest BCUT2D eigenvalue weighted by atomic mass is 10.1. The van der Waals surface area contributed by atoms with Crippen LogP contribution in [0.15, 0.2) is 41.5 Å². The fraction of sp³-hybridized carbons (Fsp3) is 0.364. The van der Waals surface area contributed by atoms with E-state index in [0.29, 0.717) is 42.7 Å². The van der Waals surface area contributed by atoms with Gasteiger partial charge < -0.3 is 14.5 Å². The van der Waals surface area contributed by atoms with Crippen molar-refractivity contribution in [2.45, 2.75) is 13.8 Å². The molecule has 9 heteroatoms. The van der Waals surface area contributed by atoms with Crippen LogP contribution in [0.3, 0.4) is 0 Å². The molecule has 1 aliphatic rings. The number of anilines is 1. The van der Waals surface area contributed by atoms with Crippen molar-refractivity contribution < 1.29 is 13.9 Å². The maximum atomic E-state index is 13.5. The first-order valence-electron chi connectivity index (χ1n) is 10.2. The Balaban J connectivity index is 0.00000132. The number of halogens is 1. The molecule has 0 N–H and O–H groups in total.